The number of halogens is 2. The molecular formula is C11H10Cl2N2O. The standard InChI is InChI=1S/C11H10Cl2N2O/c1-11(2)10(16)14-9(15-11)6-3-7(12)5-8(13)4-6/h3-5H,1-2H3,(H,14,15,16). The summed E-state index contributed by atoms with van der Waals surface area (Å²) in [5.41, 5.74) is -0.0131. The molecule has 0 saturated carbocycles. The third-order valence-corrected chi connectivity index (χ3v) is 2.75. The Morgan fingerprint density at radius 3 is 2.19 bits per heavy atom. The summed E-state index contributed by atoms with van der Waals surface area (Å²) in [7, 11) is 0. The summed E-state index contributed by atoms with van der Waals surface area (Å²) < 4.78 is 0. The zero-order valence-corrected chi connectivity index (χ0v) is 10.4. The van der Waals surface area contributed by atoms with Crippen molar-refractivity contribution in [2.24, 2.45) is 4.99 Å². The number of hydrogen-bond acceptors (Lipinski definition) is 2. The molecule has 5 heteroatoms. The van der Waals surface area contributed by atoms with E-state index in [2.05, 4.69) is 10.3 Å². The number of aliphatic imine (C=N–C) groups is 1. The third-order valence-electron chi connectivity index (χ3n) is 2.31. The summed E-state index contributed by atoms with van der Waals surface area (Å²) in [4.78, 5) is 15.9. The van der Waals surface area contributed by atoms with Crippen molar-refractivity contribution in [1.29, 1.82) is 0 Å². The van der Waals surface area contributed by atoms with Crippen molar-refractivity contribution in [1.82, 2.24) is 5.32 Å². The van der Waals surface area contributed by atoms with E-state index in [1.165, 1.54) is 0 Å². The molecule has 1 aliphatic heterocycles. The first-order valence-corrected chi connectivity index (χ1v) is 5.52. The monoisotopic (exact) mass is 256 g/mol. The Morgan fingerprint density at radius 1 is 1.19 bits per heavy atom. The van der Waals surface area contributed by atoms with E-state index in [0.29, 0.717) is 15.9 Å². The van der Waals surface area contributed by atoms with Gasteiger partial charge in [-0.15, -0.1) is 0 Å². The molecule has 1 heterocycles. The second-order valence-corrected chi connectivity index (χ2v) is 5.00. The first kappa shape index (κ1) is 11.4. The van der Waals surface area contributed by atoms with E-state index in [9.17, 15) is 4.79 Å². The average Bonchev–Trinajstić information content (AvgIpc) is 2.40. The van der Waals surface area contributed by atoms with Crippen LogP contribution in [0.1, 0.15) is 19.4 Å². The third kappa shape index (κ3) is 2.06. The molecule has 1 aromatic carbocycles. The van der Waals surface area contributed by atoms with Gasteiger partial charge in [-0.1, -0.05) is 23.2 Å². The highest BCUT2D eigenvalue weighted by Crippen LogP contribution is 2.23. The molecule has 1 amide bonds. The second kappa shape index (κ2) is 3.75. The van der Waals surface area contributed by atoms with Crippen LogP contribution in [0.5, 0.6) is 0 Å². The highest BCUT2D eigenvalue weighted by atomic mass is 35.5. The number of carbonyl (C=O) groups is 1. The lowest BCUT2D eigenvalue weighted by atomic mass is 10.1. The number of nitrogens with zero attached hydrogens (tertiary/aromatic N) is 1. The van der Waals surface area contributed by atoms with Crippen LogP contribution in [-0.2, 0) is 4.79 Å². The lowest BCUT2D eigenvalue weighted by Gasteiger charge is -2.07. The highest BCUT2D eigenvalue weighted by molar-refractivity contribution is 6.35. The Kier molecular flexibility index (Phi) is 2.68. The van der Waals surface area contributed by atoms with E-state index in [0.717, 1.165) is 5.56 Å². The van der Waals surface area contributed by atoms with E-state index in [4.69, 9.17) is 23.2 Å². The largest absolute Gasteiger partial charge is 0.308 e. The van der Waals surface area contributed by atoms with Crippen molar-refractivity contribution in [2.75, 3.05) is 0 Å². The summed E-state index contributed by atoms with van der Waals surface area (Å²) in [6, 6.07) is 5.07. The van der Waals surface area contributed by atoms with Crippen molar-refractivity contribution >= 4 is 34.9 Å². The minimum Gasteiger partial charge on any atom is -0.308 e. The average molecular weight is 257 g/mol. The number of hydrogen-bond donors (Lipinski definition) is 1. The van der Waals surface area contributed by atoms with E-state index >= 15 is 0 Å². The lowest BCUT2D eigenvalue weighted by Crippen LogP contribution is -2.34. The number of amidine groups is 1. The molecule has 2 rings (SSSR count). The summed E-state index contributed by atoms with van der Waals surface area (Å²) >= 11 is 11.8. The SMILES string of the molecule is CC1(C)N=C(c2cc(Cl)cc(Cl)c2)NC1=O. The molecule has 0 radical (unpaired) electrons. The minimum atomic E-state index is -0.732. The van der Waals surface area contributed by atoms with Crippen LogP contribution in [0.2, 0.25) is 10.0 Å². The van der Waals surface area contributed by atoms with Crippen LogP contribution in [0.4, 0.5) is 0 Å². The van der Waals surface area contributed by atoms with E-state index in [-0.39, 0.29) is 5.91 Å². The molecule has 3 nitrogen and oxygen atoms in total. The van der Waals surface area contributed by atoms with Crippen LogP contribution >= 0.6 is 23.2 Å². The van der Waals surface area contributed by atoms with Gasteiger partial charge in [-0.05, 0) is 32.0 Å². The summed E-state index contributed by atoms with van der Waals surface area (Å²) in [5, 5.41) is 3.74. The van der Waals surface area contributed by atoms with E-state index in [1.807, 2.05) is 0 Å². The van der Waals surface area contributed by atoms with Crippen molar-refractivity contribution < 1.29 is 4.79 Å². The molecule has 0 atom stereocenters. The summed E-state index contributed by atoms with van der Waals surface area (Å²) in [6.07, 6.45) is 0. The predicted octanol–water partition coefficient (Wildman–Crippen LogP) is 2.65. The van der Waals surface area contributed by atoms with Crippen molar-refractivity contribution in [3.05, 3.63) is 33.8 Å². The van der Waals surface area contributed by atoms with Gasteiger partial charge in [0.2, 0.25) is 0 Å². The zero-order valence-electron chi connectivity index (χ0n) is 8.84. The van der Waals surface area contributed by atoms with Gasteiger partial charge in [-0.3, -0.25) is 9.79 Å². The molecule has 0 fully saturated rings. The number of carbonyl (C=O) groups excluding carboxylic acids is 1. The van der Waals surface area contributed by atoms with Gasteiger partial charge in [0.1, 0.15) is 11.4 Å². The molecule has 0 bridgehead atoms. The smallest absolute Gasteiger partial charge is 0.252 e. The van der Waals surface area contributed by atoms with Crippen LogP contribution in [0, 0.1) is 0 Å². The minimum absolute atomic E-state index is 0.126. The molecule has 1 aliphatic rings. The highest BCUT2D eigenvalue weighted by Gasteiger charge is 2.34. The van der Waals surface area contributed by atoms with Gasteiger partial charge in [0, 0.05) is 15.6 Å². The lowest BCUT2D eigenvalue weighted by molar-refractivity contribution is -0.122. The van der Waals surface area contributed by atoms with Gasteiger partial charge in [-0.25, -0.2) is 0 Å². The van der Waals surface area contributed by atoms with Crippen LogP contribution in [0.3, 0.4) is 0 Å². The van der Waals surface area contributed by atoms with Gasteiger partial charge in [0.05, 0.1) is 0 Å². The Bertz CT molecular complexity index is 475. The molecular weight excluding hydrogens is 247 g/mol. The fourth-order valence-corrected chi connectivity index (χ4v) is 1.97. The molecule has 0 aromatic heterocycles. The quantitative estimate of drug-likeness (QED) is 0.825. The van der Waals surface area contributed by atoms with Gasteiger partial charge < -0.3 is 5.32 Å². The fraction of sp³-hybridized carbons (Fsp3) is 0.273. The van der Waals surface area contributed by atoms with Crippen LogP contribution in [0.25, 0.3) is 0 Å². The van der Waals surface area contributed by atoms with Crippen LogP contribution in [0.15, 0.2) is 23.2 Å². The van der Waals surface area contributed by atoms with Gasteiger partial charge in [-0.2, -0.15) is 0 Å². The topological polar surface area (TPSA) is 41.5 Å². The van der Waals surface area contributed by atoms with E-state index < -0.39 is 5.54 Å². The number of nitrogens with one attached hydrogen (secondary N) is 1. The molecule has 84 valence electrons. The molecule has 0 unspecified atom stereocenters. The van der Waals surface area contributed by atoms with Crippen molar-refractivity contribution in [2.45, 2.75) is 19.4 Å². The molecule has 0 saturated heterocycles. The first-order valence-electron chi connectivity index (χ1n) is 4.76. The van der Waals surface area contributed by atoms with Gasteiger partial charge in [0.25, 0.3) is 5.91 Å². The summed E-state index contributed by atoms with van der Waals surface area (Å²) in [6.45, 7) is 3.50. The van der Waals surface area contributed by atoms with Crippen LogP contribution in [-0.4, -0.2) is 17.3 Å². The second-order valence-electron chi connectivity index (χ2n) is 4.13. The zero-order chi connectivity index (χ0) is 11.9. The summed E-state index contributed by atoms with van der Waals surface area (Å²) in [5.74, 6) is 0.387. The maximum Gasteiger partial charge on any atom is 0.252 e. The number of amides is 1. The fourth-order valence-electron chi connectivity index (χ4n) is 1.45. The van der Waals surface area contributed by atoms with Crippen molar-refractivity contribution in [3.63, 3.8) is 0 Å². The Balaban J connectivity index is 2.44. The Morgan fingerprint density at radius 2 is 1.75 bits per heavy atom. The van der Waals surface area contributed by atoms with E-state index in [1.54, 1.807) is 32.0 Å². The molecule has 1 N–H and O–H groups in total. The molecule has 0 aliphatic carbocycles. The van der Waals surface area contributed by atoms with Crippen molar-refractivity contribution in [3.8, 4) is 0 Å². The van der Waals surface area contributed by atoms with Gasteiger partial charge in [0.15, 0.2) is 0 Å². The molecule has 0 spiro atoms. The number of rotatable bonds is 1. The Labute approximate surface area is 103 Å². The first-order chi connectivity index (χ1) is 7.38. The molecule has 1 aromatic rings. The number of benzene rings is 1. The maximum absolute atomic E-state index is 11.6. The van der Waals surface area contributed by atoms with Gasteiger partial charge >= 0.3 is 0 Å². The normalized spacial score (nSPS) is 18.2. The maximum atomic E-state index is 11.6. The predicted molar refractivity (Wildman–Crippen MR) is 65.2 cm³/mol. The van der Waals surface area contributed by atoms with Crippen LogP contribution < -0.4 is 5.32 Å². The molecule has 16 heavy (non-hydrogen) atoms. The Hall–Kier alpha value is -1.06.